The molecule has 2 N–H and O–H groups in total. The molecule has 0 aromatic rings. The van der Waals surface area contributed by atoms with Crippen molar-refractivity contribution in [1.29, 1.82) is 0 Å². The number of hydrogen-bond donors (Lipinski definition) is 1. The average Bonchev–Trinajstić information content (AvgIpc) is 3.15. The fourth-order valence-corrected chi connectivity index (χ4v) is 4.83. The Bertz CT molecular complexity index is 306. The molecule has 2 unspecified atom stereocenters. The van der Waals surface area contributed by atoms with Crippen molar-refractivity contribution >= 4 is 0 Å². The zero-order valence-electron chi connectivity index (χ0n) is 16.5. The van der Waals surface area contributed by atoms with E-state index < -0.39 is 0 Å². The summed E-state index contributed by atoms with van der Waals surface area (Å²) in [5.41, 5.74) is 5.80. The van der Waals surface area contributed by atoms with Crippen LogP contribution in [0.3, 0.4) is 0 Å². The van der Waals surface area contributed by atoms with E-state index in [-0.39, 0.29) is 0 Å². The van der Waals surface area contributed by atoms with Crippen LogP contribution in [-0.2, 0) is 0 Å². The van der Waals surface area contributed by atoms with Crippen LogP contribution in [0.4, 0.5) is 0 Å². The average molecular weight is 338 g/mol. The van der Waals surface area contributed by atoms with Crippen LogP contribution < -0.4 is 5.73 Å². The number of hydrogen-bond acceptors (Lipinski definition) is 3. The van der Waals surface area contributed by atoms with Gasteiger partial charge in [0.25, 0.3) is 0 Å². The molecule has 2 aliphatic rings. The lowest BCUT2D eigenvalue weighted by molar-refractivity contribution is 0.103. The van der Waals surface area contributed by atoms with Crippen LogP contribution in [0.2, 0.25) is 0 Å². The van der Waals surface area contributed by atoms with Crippen LogP contribution >= 0.6 is 0 Å². The van der Waals surface area contributed by atoms with E-state index in [1.807, 2.05) is 0 Å². The van der Waals surface area contributed by atoms with Gasteiger partial charge in [0.05, 0.1) is 0 Å². The summed E-state index contributed by atoms with van der Waals surface area (Å²) in [6.07, 6.45) is 14.7. The van der Waals surface area contributed by atoms with E-state index in [2.05, 4.69) is 23.6 Å². The Kier molecular flexibility index (Phi) is 9.67. The van der Waals surface area contributed by atoms with Crippen molar-refractivity contribution in [3.63, 3.8) is 0 Å². The van der Waals surface area contributed by atoms with E-state index in [0.717, 1.165) is 18.4 Å². The quantitative estimate of drug-likeness (QED) is 0.576. The highest BCUT2D eigenvalue weighted by atomic mass is 15.3. The van der Waals surface area contributed by atoms with Gasteiger partial charge in [-0.15, -0.1) is 0 Å². The molecule has 0 radical (unpaired) electrons. The van der Waals surface area contributed by atoms with Crippen molar-refractivity contribution < 1.29 is 0 Å². The zero-order valence-corrected chi connectivity index (χ0v) is 16.5. The topological polar surface area (TPSA) is 32.5 Å². The van der Waals surface area contributed by atoms with Crippen molar-refractivity contribution in [3.05, 3.63) is 0 Å². The Morgan fingerprint density at radius 1 is 0.958 bits per heavy atom. The molecule has 24 heavy (non-hydrogen) atoms. The monoisotopic (exact) mass is 337 g/mol. The molecular weight excluding hydrogens is 294 g/mol. The molecule has 2 atom stereocenters. The minimum Gasteiger partial charge on any atom is -0.329 e. The van der Waals surface area contributed by atoms with E-state index in [9.17, 15) is 0 Å². The third-order valence-corrected chi connectivity index (χ3v) is 6.67. The Morgan fingerprint density at radius 2 is 1.62 bits per heavy atom. The fraction of sp³-hybridized carbons (Fsp3) is 1.00. The molecule has 3 nitrogen and oxygen atoms in total. The SMILES string of the molecule is CCCCC(CCCCN1CCN(C(C)CN)CC1)C1CCCC1. The molecule has 0 spiro atoms. The summed E-state index contributed by atoms with van der Waals surface area (Å²) < 4.78 is 0. The molecule has 2 fully saturated rings. The smallest absolute Gasteiger partial charge is 0.0191 e. The highest BCUT2D eigenvalue weighted by Crippen LogP contribution is 2.36. The van der Waals surface area contributed by atoms with E-state index in [1.54, 1.807) is 0 Å². The van der Waals surface area contributed by atoms with Gasteiger partial charge in [-0.25, -0.2) is 0 Å². The van der Waals surface area contributed by atoms with E-state index in [4.69, 9.17) is 5.73 Å². The largest absolute Gasteiger partial charge is 0.329 e. The molecule has 2 rings (SSSR count). The number of piperazine rings is 1. The predicted octanol–water partition coefficient (Wildman–Crippen LogP) is 4.12. The molecule has 3 heteroatoms. The summed E-state index contributed by atoms with van der Waals surface area (Å²) in [6.45, 7) is 11.6. The normalized spacial score (nSPS) is 23.6. The van der Waals surface area contributed by atoms with Gasteiger partial charge in [-0.3, -0.25) is 4.90 Å². The summed E-state index contributed by atoms with van der Waals surface area (Å²) in [6, 6.07) is 0.554. The molecule has 0 bridgehead atoms. The van der Waals surface area contributed by atoms with E-state index in [0.29, 0.717) is 6.04 Å². The Balaban J connectivity index is 1.59. The molecule has 0 aromatic heterocycles. The summed E-state index contributed by atoms with van der Waals surface area (Å²) in [5.74, 6) is 2.10. The van der Waals surface area contributed by atoms with Gasteiger partial charge in [0, 0.05) is 38.8 Å². The first kappa shape index (κ1) is 20.2. The maximum Gasteiger partial charge on any atom is 0.0191 e. The molecule has 0 amide bonds. The van der Waals surface area contributed by atoms with Crippen LogP contribution in [0.5, 0.6) is 0 Å². The van der Waals surface area contributed by atoms with Gasteiger partial charge in [0.15, 0.2) is 0 Å². The summed E-state index contributed by atoms with van der Waals surface area (Å²) in [5, 5.41) is 0. The number of unbranched alkanes of at least 4 members (excludes halogenated alkanes) is 2. The van der Waals surface area contributed by atoms with Gasteiger partial charge in [0.1, 0.15) is 0 Å². The number of nitrogens with two attached hydrogens (primary N) is 1. The van der Waals surface area contributed by atoms with Crippen LogP contribution in [0, 0.1) is 11.8 Å². The fourth-order valence-electron chi connectivity index (χ4n) is 4.83. The first-order valence-electron chi connectivity index (χ1n) is 10.9. The van der Waals surface area contributed by atoms with Gasteiger partial charge >= 0.3 is 0 Å². The van der Waals surface area contributed by atoms with Crippen LogP contribution in [-0.4, -0.2) is 55.1 Å². The Hall–Kier alpha value is -0.120. The van der Waals surface area contributed by atoms with Gasteiger partial charge in [0.2, 0.25) is 0 Å². The lowest BCUT2D eigenvalue weighted by atomic mass is 9.83. The lowest BCUT2D eigenvalue weighted by Gasteiger charge is -2.37. The summed E-state index contributed by atoms with van der Waals surface area (Å²) in [7, 11) is 0. The number of nitrogens with zero attached hydrogens (tertiary/aromatic N) is 2. The van der Waals surface area contributed by atoms with Crippen molar-refractivity contribution in [1.82, 2.24) is 9.80 Å². The van der Waals surface area contributed by atoms with Gasteiger partial charge < -0.3 is 10.6 Å². The van der Waals surface area contributed by atoms with Gasteiger partial charge in [-0.1, -0.05) is 64.7 Å². The molecule has 1 saturated carbocycles. The van der Waals surface area contributed by atoms with E-state index >= 15 is 0 Å². The molecule has 142 valence electrons. The minimum atomic E-state index is 0.554. The zero-order chi connectivity index (χ0) is 17.2. The predicted molar refractivity (Wildman–Crippen MR) is 105 cm³/mol. The molecule has 1 saturated heterocycles. The van der Waals surface area contributed by atoms with Crippen molar-refractivity contribution in [2.24, 2.45) is 17.6 Å². The van der Waals surface area contributed by atoms with Crippen molar-refractivity contribution in [2.75, 3.05) is 39.3 Å². The van der Waals surface area contributed by atoms with Crippen molar-refractivity contribution in [3.8, 4) is 0 Å². The van der Waals surface area contributed by atoms with E-state index in [1.165, 1.54) is 96.9 Å². The molecular formula is C21H43N3. The minimum absolute atomic E-state index is 0.554. The number of rotatable bonds is 11. The lowest BCUT2D eigenvalue weighted by Crippen LogP contribution is -2.51. The van der Waals surface area contributed by atoms with Crippen molar-refractivity contribution in [2.45, 2.75) is 84.1 Å². The highest BCUT2D eigenvalue weighted by Gasteiger charge is 2.24. The third-order valence-electron chi connectivity index (χ3n) is 6.67. The Labute approximate surface area is 151 Å². The van der Waals surface area contributed by atoms with Crippen LogP contribution in [0.15, 0.2) is 0 Å². The summed E-state index contributed by atoms with van der Waals surface area (Å²) in [4.78, 5) is 5.23. The van der Waals surface area contributed by atoms with Crippen LogP contribution in [0.1, 0.15) is 78.1 Å². The summed E-state index contributed by atoms with van der Waals surface area (Å²) >= 11 is 0. The van der Waals surface area contributed by atoms with Crippen LogP contribution in [0.25, 0.3) is 0 Å². The first-order valence-corrected chi connectivity index (χ1v) is 10.9. The van der Waals surface area contributed by atoms with Gasteiger partial charge in [-0.2, -0.15) is 0 Å². The third kappa shape index (κ3) is 6.65. The highest BCUT2D eigenvalue weighted by molar-refractivity contribution is 4.78. The Morgan fingerprint density at radius 3 is 2.25 bits per heavy atom. The second-order valence-corrected chi connectivity index (χ2v) is 8.40. The van der Waals surface area contributed by atoms with Gasteiger partial charge in [-0.05, 0) is 31.7 Å². The molecule has 1 aliphatic heterocycles. The second kappa shape index (κ2) is 11.5. The maximum atomic E-state index is 5.80. The second-order valence-electron chi connectivity index (χ2n) is 8.40. The maximum absolute atomic E-state index is 5.80. The molecule has 1 aliphatic carbocycles. The first-order chi connectivity index (χ1) is 11.7. The molecule has 1 heterocycles. The molecule has 0 aromatic carbocycles. The standard InChI is InChI=1S/C21H43N3/c1-3-4-9-20(21-10-5-6-11-21)12-7-8-13-23-14-16-24(17-15-23)19(2)18-22/h19-21H,3-18,22H2,1-2H3.